The van der Waals surface area contributed by atoms with Crippen LogP contribution in [0.4, 0.5) is 0 Å². The van der Waals surface area contributed by atoms with Crippen LogP contribution in [-0.4, -0.2) is 15.2 Å². The normalized spacial score (nSPS) is 12.9. The largest absolute Gasteiger partial charge is 0.321 e. The first-order valence-corrected chi connectivity index (χ1v) is 5.42. The number of H-pyrrole nitrogens is 1. The smallest absolute Gasteiger partial charge is 0.141 e. The van der Waals surface area contributed by atoms with Gasteiger partial charge < -0.3 is 5.73 Å². The fourth-order valence-corrected chi connectivity index (χ4v) is 1.99. The maximum atomic E-state index is 5.93. The summed E-state index contributed by atoms with van der Waals surface area (Å²) >= 11 is 1.71. The Labute approximate surface area is 86.2 Å². The van der Waals surface area contributed by atoms with Gasteiger partial charge in [0.15, 0.2) is 0 Å². The zero-order valence-electron chi connectivity index (χ0n) is 7.68. The van der Waals surface area contributed by atoms with Crippen molar-refractivity contribution in [2.45, 2.75) is 18.9 Å². The molecule has 5 heteroatoms. The molecule has 0 spiro atoms. The summed E-state index contributed by atoms with van der Waals surface area (Å²) in [6.07, 6.45) is 3.37. The van der Waals surface area contributed by atoms with E-state index in [4.69, 9.17) is 5.73 Å². The lowest BCUT2D eigenvalue weighted by atomic mass is 10.1. The van der Waals surface area contributed by atoms with Gasteiger partial charge in [-0.2, -0.15) is 16.4 Å². The van der Waals surface area contributed by atoms with Crippen LogP contribution in [0.2, 0.25) is 0 Å². The summed E-state index contributed by atoms with van der Waals surface area (Å²) in [4.78, 5) is 4.03. The molecule has 4 nitrogen and oxygen atoms in total. The Morgan fingerprint density at radius 2 is 2.50 bits per heavy atom. The van der Waals surface area contributed by atoms with Gasteiger partial charge in [0, 0.05) is 0 Å². The van der Waals surface area contributed by atoms with Crippen LogP contribution in [0.5, 0.6) is 0 Å². The maximum Gasteiger partial charge on any atom is 0.141 e. The Morgan fingerprint density at radius 1 is 1.57 bits per heavy atom. The summed E-state index contributed by atoms with van der Waals surface area (Å²) in [5, 5.41) is 10.8. The summed E-state index contributed by atoms with van der Waals surface area (Å²) < 4.78 is 0. The molecule has 0 aliphatic heterocycles. The molecule has 0 amide bonds. The van der Waals surface area contributed by atoms with Crippen LogP contribution in [0.15, 0.2) is 23.2 Å². The third-order valence-electron chi connectivity index (χ3n) is 2.11. The molecule has 0 aliphatic carbocycles. The molecule has 14 heavy (non-hydrogen) atoms. The van der Waals surface area contributed by atoms with Gasteiger partial charge >= 0.3 is 0 Å². The van der Waals surface area contributed by atoms with Gasteiger partial charge in [0.25, 0.3) is 0 Å². The van der Waals surface area contributed by atoms with Crippen LogP contribution in [0.1, 0.15) is 23.9 Å². The summed E-state index contributed by atoms with van der Waals surface area (Å²) in [6, 6.07) is 2.08. The van der Waals surface area contributed by atoms with Crippen LogP contribution < -0.4 is 5.73 Å². The van der Waals surface area contributed by atoms with Gasteiger partial charge in [0.1, 0.15) is 12.2 Å². The zero-order valence-corrected chi connectivity index (χ0v) is 8.50. The van der Waals surface area contributed by atoms with Gasteiger partial charge in [-0.15, -0.1) is 0 Å². The van der Waals surface area contributed by atoms with E-state index < -0.39 is 0 Å². The van der Waals surface area contributed by atoms with Crippen molar-refractivity contribution in [1.82, 2.24) is 15.2 Å². The van der Waals surface area contributed by atoms with Gasteiger partial charge in [-0.05, 0) is 35.2 Å². The second-order valence-corrected chi connectivity index (χ2v) is 3.93. The Balaban J connectivity index is 1.87. The minimum Gasteiger partial charge on any atom is -0.321 e. The monoisotopic (exact) mass is 208 g/mol. The highest BCUT2D eigenvalue weighted by atomic mass is 32.1. The number of thiophene rings is 1. The topological polar surface area (TPSA) is 67.6 Å². The summed E-state index contributed by atoms with van der Waals surface area (Å²) in [5.41, 5.74) is 7.26. The lowest BCUT2D eigenvalue weighted by Gasteiger charge is -2.06. The van der Waals surface area contributed by atoms with E-state index in [9.17, 15) is 0 Å². The maximum absolute atomic E-state index is 5.93. The average Bonchev–Trinajstić information content (AvgIpc) is 2.87. The Morgan fingerprint density at radius 3 is 3.14 bits per heavy atom. The number of hydrogen-bond donors (Lipinski definition) is 2. The molecule has 2 rings (SSSR count). The number of aromatic nitrogens is 3. The van der Waals surface area contributed by atoms with Gasteiger partial charge in [0.2, 0.25) is 0 Å². The standard InChI is InChI=1S/C9H12N4S/c10-8(9-11-6-12-13-9)2-1-7-3-4-14-5-7/h3-6,8H,1-2,10H2,(H,11,12,13). The molecule has 74 valence electrons. The molecule has 0 fully saturated rings. The molecule has 0 bridgehead atoms. The average molecular weight is 208 g/mol. The second kappa shape index (κ2) is 4.34. The van der Waals surface area contributed by atoms with Gasteiger partial charge in [-0.1, -0.05) is 0 Å². The minimum absolute atomic E-state index is 0.0441. The van der Waals surface area contributed by atoms with E-state index >= 15 is 0 Å². The molecule has 1 unspecified atom stereocenters. The van der Waals surface area contributed by atoms with Crippen LogP contribution in [0.25, 0.3) is 0 Å². The molecule has 0 aromatic carbocycles. The highest BCUT2D eigenvalue weighted by Crippen LogP contribution is 2.14. The quantitative estimate of drug-likeness (QED) is 0.800. The molecule has 3 N–H and O–H groups in total. The van der Waals surface area contributed by atoms with Gasteiger partial charge in [-0.25, -0.2) is 4.98 Å². The lowest BCUT2D eigenvalue weighted by molar-refractivity contribution is 0.615. The predicted molar refractivity (Wildman–Crippen MR) is 56.0 cm³/mol. The van der Waals surface area contributed by atoms with Crippen molar-refractivity contribution < 1.29 is 0 Å². The fourth-order valence-electron chi connectivity index (χ4n) is 1.29. The molecule has 0 saturated carbocycles. The SMILES string of the molecule is NC(CCc1ccsc1)c1ncn[nH]1. The van der Waals surface area contributed by atoms with Crippen molar-refractivity contribution in [3.05, 3.63) is 34.5 Å². The number of nitrogens with two attached hydrogens (primary N) is 1. The predicted octanol–water partition coefficient (Wildman–Crippen LogP) is 1.50. The van der Waals surface area contributed by atoms with E-state index in [0.29, 0.717) is 0 Å². The number of nitrogens with zero attached hydrogens (tertiary/aromatic N) is 2. The highest BCUT2D eigenvalue weighted by molar-refractivity contribution is 7.07. The van der Waals surface area contributed by atoms with E-state index in [1.165, 1.54) is 11.9 Å². The van der Waals surface area contributed by atoms with Crippen molar-refractivity contribution in [1.29, 1.82) is 0 Å². The number of aryl methyl sites for hydroxylation is 1. The van der Waals surface area contributed by atoms with Gasteiger partial charge in [-0.3, -0.25) is 5.10 Å². The third kappa shape index (κ3) is 2.18. The van der Waals surface area contributed by atoms with Crippen molar-refractivity contribution in [3.8, 4) is 0 Å². The highest BCUT2D eigenvalue weighted by Gasteiger charge is 2.08. The first-order chi connectivity index (χ1) is 6.86. The molecule has 0 radical (unpaired) electrons. The Kier molecular flexibility index (Phi) is 2.90. The van der Waals surface area contributed by atoms with Crippen LogP contribution in [-0.2, 0) is 6.42 Å². The zero-order chi connectivity index (χ0) is 9.80. The number of rotatable bonds is 4. The summed E-state index contributed by atoms with van der Waals surface area (Å²) in [7, 11) is 0. The van der Waals surface area contributed by atoms with E-state index in [1.54, 1.807) is 11.3 Å². The summed E-state index contributed by atoms with van der Waals surface area (Å²) in [6.45, 7) is 0. The van der Waals surface area contributed by atoms with Crippen LogP contribution in [0.3, 0.4) is 0 Å². The van der Waals surface area contributed by atoms with E-state index in [2.05, 4.69) is 32.0 Å². The number of nitrogens with one attached hydrogen (secondary N) is 1. The molecule has 0 aliphatic rings. The molecule has 1 atom stereocenters. The lowest BCUT2D eigenvalue weighted by Crippen LogP contribution is -2.12. The van der Waals surface area contributed by atoms with E-state index in [0.717, 1.165) is 18.7 Å². The molecular weight excluding hydrogens is 196 g/mol. The molecule has 0 saturated heterocycles. The Hall–Kier alpha value is -1.20. The van der Waals surface area contributed by atoms with Crippen molar-refractivity contribution in [2.24, 2.45) is 5.73 Å². The third-order valence-corrected chi connectivity index (χ3v) is 2.84. The number of hydrogen-bond acceptors (Lipinski definition) is 4. The number of aromatic amines is 1. The second-order valence-electron chi connectivity index (χ2n) is 3.15. The van der Waals surface area contributed by atoms with Crippen molar-refractivity contribution in [2.75, 3.05) is 0 Å². The molecule has 2 aromatic rings. The first kappa shape index (κ1) is 9.36. The van der Waals surface area contributed by atoms with E-state index in [1.807, 2.05) is 0 Å². The van der Waals surface area contributed by atoms with Crippen molar-refractivity contribution >= 4 is 11.3 Å². The fraction of sp³-hybridized carbons (Fsp3) is 0.333. The first-order valence-electron chi connectivity index (χ1n) is 4.48. The molecule has 2 aromatic heterocycles. The van der Waals surface area contributed by atoms with Gasteiger partial charge in [0.05, 0.1) is 6.04 Å². The Bertz CT molecular complexity index is 354. The van der Waals surface area contributed by atoms with Crippen LogP contribution >= 0.6 is 11.3 Å². The van der Waals surface area contributed by atoms with Crippen molar-refractivity contribution in [3.63, 3.8) is 0 Å². The summed E-state index contributed by atoms with van der Waals surface area (Å²) in [5.74, 6) is 0.764. The van der Waals surface area contributed by atoms with Crippen LogP contribution in [0, 0.1) is 0 Å². The minimum atomic E-state index is -0.0441. The molecule has 2 heterocycles. The molecular formula is C9H12N4S. The van der Waals surface area contributed by atoms with E-state index in [-0.39, 0.29) is 6.04 Å².